The van der Waals surface area contributed by atoms with Crippen molar-refractivity contribution in [2.45, 2.75) is 38.2 Å². The van der Waals surface area contributed by atoms with E-state index in [2.05, 4.69) is 20.4 Å². The van der Waals surface area contributed by atoms with Crippen LogP contribution in [0.3, 0.4) is 0 Å². The number of alkyl halides is 6. The summed E-state index contributed by atoms with van der Waals surface area (Å²) in [5.74, 6) is -0.971. The van der Waals surface area contributed by atoms with E-state index in [-0.39, 0.29) is 23.6 Å². The van der Waals surface area contributed by atoms with Crippen molar-refractivity contribution in [1.29, 1.82) is 0 Å². The molecule has 196 valence electrons. The quantitative estimate of drug-likeness (QED) is 0.497. The lowest BCUT2D eigenvalue weighted by atomic mass is 10.0. The Balaban J connectivity index is 1.54. The highest BCUT2D eigenvalue weighted by atomic mass is 19.4. The predicted octanol–water partition coefficient (Wildman–Crippen LogP) is 4.43. The van der Waals surface area contributed by atoms with Crippen molar-refractivity contribution in [3.05, 3.63) is 70.9 Å². The Hall–Kier alpha value is -3.97. The van der Waals surface area contributed by atoms with Crippen LogP contribution in [0.5, 0.6) is 0 Å². The Morgan fingerprint density at radius 2 is 1.54 bits per heavy atom. The van der Waals surface area contributed by atoms with Crippen molar-refractivity contribution in [3.8, 4) is 5.82 Å². The first-order valence-electron chi connectivity index (χ1n) is 11.1. The monoisotopic (exact) mass is 526 g/mol. The molecule has 1 saturated heterocycles. The average molecular weight is 526 g/mol. The van der Waals surface area contributed by atoms with E-state index >= 15 is 0 Å². The van der Waals surface area contributed by atoms with Crippen LogP contribution in [0.2, 0.25) is 0 Å². The first kappa shape index (κ1) is 26.1. The maximum Gasteiger partial charge on any atom is 0.416 e. The number of hydrogen-bond acceptors (Lipinski definition) is 5. The number of amides is 2. The highest BCUT2D eigenvalue weighted by Gasteiger charge is 2.37. The molecule has 1 fully saturated rings. The normalized spacial score (nSPS) is 15.1. The number of rotatable bonds is 5. The number of likely N-dealkylation sites (tertiary alicyclic amines) is 1. The van der Waals surface area contributed by atoms with Crippen LogP contribution in [-0.2, 0) is 12.4 Å². The molecular formula is C23H20F6N6O2. The number of nitrogens with one attached hydrogen (secondary N) is 1. The molecule has 1 aliphatic heterocycles. The van der Waals surface area contributed by atoms with Gasteiger partial charge in [-0.1, -0.05) is 0 Å². The number of carbonyl (C=O) groups excluding carboxylic acids is 2. The third kappa shape index (κ3) is 5.73. The predicted molar refractivity (Wildman–Crippen MR) is 117 cm³/mol. The van der Waals surface area contributed by atoms with Crippen LogP contribution >= 0.6 is 0 Å². The number of hydrogen-bond donors (Lipinski definition) is 1. The number of pyridine rings is 1. The molecule has 37 heavy (non-hydrogen) atoms. The highest BCUT2D eigenvalue weighted by Crippen LogP contribution is 2.36. The zero-order valence-corrected chi connectivity index (χ0v) is 19.3. The van der Waals surface area contributed by atoms with Gasteiger partial charge in [-0.3, -0.25) is 9.59 Å². The second-order valence-corrected chi connectivity index (χ2v) is 8.42. The molecule has 1 aromatic carbocycles. The molecule has 3 aromatic rings. The standard InChI is InChI=1S/C23H20F6N6O2/c1-13(33-20(36)15-8-16(22(24,25)26)10-17(9-15)23(27,28)29)19-31-12-32-35(19)18-5-4-14(11-30-18)21(37)34-6-2-3-7-34/h4-5,8-13H,2-3,6-7H2,1H3,(H,33,36)/t13-/m0/s1. The second-order valence-electron chi connectivity index (χ2n) is 8.42. The molecular weight excluding hydrogens is 506 g/mol. The van der Waals surface area contributed by atoms with Crippen LogP contribution in [0.25, 0.3) is 5.82 Å². The number of aromatic nitrogens is 4. The van der Waals surface area contributed by atoms with E-state index in [4.69, 9.17) is 0 Å². The van der Waals surface area contributed by atoms with E-state index < -0.39 is 41.0 Å². The van der Waals surface area contributed by atoms with Crippen LogP contribution in [-0.4, -0.2) is 49.6 Å². The van der Waals surface area contributed by atoms with Gasteiger partial charge in [-0.05, 0) is 50.1 Å². The van der Waals surface area contributed by atoms with E-state index in [0.717, 1.165) is 19.2 Å². The van der Waals surface area contributed by atoms with Gasteiger partial charge in [-0.15, -0.1) is 0 Å². The Morgan fingerprint density at radius 3 is 2.08 bits per heavy atom. The number of nitrogens with zero attached hydrogens (tertiary/aromatic N) is 5. The molecule has 1 N–H and O–H groups in total. The van der Waals surface area contributed by atoms with Crippen LogP contribution < -0.4 is 5.32 Å². The largest absolute Gasteiger partial charge is 0.416 e. The molecule has 0 bridgehead atoms. The Kier molecular flexibility index (Phi) is 6.93. The minimum absolute atomic E-state index is 0.0549. The SMILES string of the molecule is C[C@H](NC(=O)c1cc(C(F)(F)F)cc(C(F)(F)F)c1)c1ncnn1-c1ccc(C(=O)N2CCCC2)cn1. The molecule has 4 rings (SSSR count). The van der Waals surface area contributed by atoms with Crippen LogP contribution in [0.1, 0.15) is 63.5 Å². The maximum absolute atomic E-state index is 13.1. The smallest absolute Gasteiger partial charge is 0.342 e. The molecule has 0 saturated carbocycles. The van der Waals surface area contributed by atoms with E-state index in [9.17, 15) is 35.9 Å². The Bertz CT molecular complexity index is 1260. The molecule has 1 atom stereocenters. The van der Waals surface area contributed by atoms with Gasteiger partial charge >= 0.3 is 12.4 Å². The topological polar surface area (TPSA) is 93.0 Å². The van der Waals surface area contributed by atoms with Crippen LogP contribution in [0.4, 0.5) is 26.3 Å². The fraction of sp³-hybridized carbons (Fsp3) is 0.348. The summed E-state index contributed by atoms with van der Waals surface area (Å²) in [4.78, 5) is 35.1. The average Bonchev–Trinajstić information content (AvgIpc) is 3.55. The number of halogens is 6. The van der Waals surface area contributed by atoms with Crippen molar-refractivity contribution >= 4 is 11.8 Å². The maximum atomic E-state index is 13.1. The lowest BCUT2D eigenvalue weighted by Crippen LogP contribution is -2.29. The Labute approximate surface area is 206 Å². The molecule has 0 aliphatic carbocycles. The summed E-state index contributed by atoms with van der Waals surface area (Å²) in [6.45, 7) is 2.77. The third-order valence-electron chi connectivity index (χ3n) is 5.76. The fourth-order valence-electron chi connectivity index (χ4n) is 3.89. The molecule has 1 aliphatic rings. The van der Waals surface area contributed by atoms with Crippen molar-refractivity contribution < 1.29 is 35.9 Å². The summed E-state index contributed by atoms with van der Waals surface area (Å²) >= 11 is 0. The van der Waals surface area contributed by atoms with E-state index in [0.29, 0.717) is 30.8 Å². The molecule has 14 heteroatoms. The van der Waals surface area contributed by atoms with Crippen molar-refractivity contribution in [2.75, 3.05) is 13.1 Å². The summed E-state index contributed by atoms with van der Waals surface area (Å²) in [5.41, 5.74) is -3.64. The minimum Gasteiger partial charge on any atom is -0.342 e. The zero-order valence-electron chi connectivity index (χ0n) is 19.3. The summed E-state index contributed by atoms with van der Waals surface area (Å²) in [6, 6.07) is 2.73. The van der Waals surface area contributed by atoms with E-state index in [1.165, 1.54) is 23.9 Å². The molecule has 8 nitrogen and oxygen atoms in total. The van der Waals surface area contributed by atoms with Gasteiger partial charge in [-0.2, -0.15) is 36.1 Å². The number of benzene rings is 1. The molecule has 0 radical (unpaired) electrons. The highest BCUT2D eigenvalue weighted by molar-refractivity contribution is 5.95. The molecule has 0 spiro atoms. The van der Waals surface area contributed by atoms with E-state index in [1.54, 1.807) is 11.0 Å². The lowest BCUT2D eigenvalue weighted by molar-refractivity contribution is -0.143. The van der Waals surface area contributed by atoms with Gasteiger partial charge in [0, 0.05) is 24.8 Å². The first-order valence-corrected chi connectivity index (χ1v) is 11.1. The summed E-state index contributed by atoms with van der Waals surface area (Å²) in [5, 5.41) is 6.38. The van der Waals surface area contributed by atoms with Crippen LogP contribution in [0.15, 0.2) is 42.9 Å². The summed E-state index contributed by atoms with van der Waals surface area (Å²) < 4.78 is 80.1. The minimum atomic E-state index is -5.09. The summed E-state index contributed by atoms with van der Waals surface area (Å²) in [7, 11) is 0. The van der Waals surface area contributed by atoms with Crippen LogP contribution in [0, 0.1) is 0 Å². The second kappa shape index (κ2) is 9.82. The first-order chi connectivity index (χ1) is 17.3. The lowest BCUT2D eigenvalue weighted by Gasteiger charge is -2.17. The van der Waals surface area contributed by atoms with Crippen molar-refractivity contribution in [2.24, 2.45) is 0 Å². The van der Waals surface area contributed by atoms with Crippen molar-refractivity contribution in [1.82, 2.24) is 30.0 Å². The number of carbonyl (C=O) groups is 2. The third-order valence-corrected chi connectivity index (χ3v) is 5.76. The van der Waals surface area contributed by atoms with Gasteiger partial charge in [0.2, 0.25) is 0 Å². The fourth-order valence-corrected chi connectivity index (χ4v) is 3.89. The molecule has 2 amide bonds. The van der Waals surface area contributed by atoms with Gasteiger partial charge in [0.15, 0.2) is 11.6 Å². The van der Waals surface area contributed by atoms with Gasteiger partial charge in [0.25, 0.3) is 11.8 Å². The van der Waals surface area contributed by atoms with Gasteiger partial charge in [0.05, 0.1) is 22.7 Å². The zero-order chi connectivity index (χ0) is 27.0. The van der Waals surface area contributed by atoms with Gasteiger partial charge in [0.1, 0.15) is 6.33 Å². The summed E-state index contributed by atoms with van der Waals surface area (Å²) in [6.07, 6.45) is -5.80. The van der Waals surface area contributed by atoms with E-state index in [1.807, 2.05) is 0 Å². The molecule has 0 unspecified atom stereocenters. The van der Waals surface area contributed by atoms with Gasteiger partial charge < -0.3 is 10.2 Å². The van der Waals surface area contributed by atoms with Gasteiger partial charge in [-0.25, -0.2) is 9.97 Å². The van der Waals surface area contributed by atoms with Crippen molar-refractivity contribution in [3.63, 3.8) is 0 Å². The molecule has 3 heterocycles. The molecule has 2 aromatic heterocycles. The Morgan fingerprint density at radius 1 is 0.919 bits per heavy atom.